The Balaban J connectivity index is 2.54. The van der Waals surface area contributed by atoms with Gasteiger partial charge in [-0.2, -0.15) is 0 Å². The number of hydrogen-bond donors (Lipinski definition) is 3. The van der Waals surface area contributed by atoms with E-state index in [0.29, 0.717) is 11.3 Å². The average Bonchev–Trinajstić information content (AvgIpc) is 2.31. The van der Waals surface area contributed by atoms with Crippen LogP contribution in [-0.4, -0.2) is 23.3 Å². The standard InChI is InChI=1S/C14H21FN2O2/c1-9(2)14(4,19)8-16-13(18)17-11-6-5-10(3)12(15)7-11/h5-7,9,19H,8H2,1-4H3,(H2,16,17,18). The van der Waals surface area contributed by atoms with Crippen LogP contribution in [0.25, 0.3) is 0 Å². The third kappa shape index (κ3) is 4.52. The van der Waals surface area contributed by atoms with Crippen LogP contribution in [0.1, 0.15) is 26.3 Å². The van der Waals surface area contributed by atoms with E-state index in [9.17, 15) is 14.3 Å². The molecule has 0 saturated carbocycles. The molecule has 0 spiro atoms. The number of nitrogens with one attached hydrogen (secondary N) is 2. The Labute approximate surface area is 113 Å². The molecular formula is C14H21FN2O2. The highest BCUT2D eigenvalue weighted by molar-refractivity contribution is 5.89. The number of aliphatic hydroxyl groups is 1. The molecule has 1 atom stereocenters. The van der Waals surface area contributed by atoms with Crippen molar-refractivity contribution in [2.45, 2.75) is 33.3 Å². The van der Waals surface area contributed by atoms with E-state index in [0.717, 1.165) is 0 Å². The van der Waals surface area contributed by atoms with E-state index in [2.05, 4.69) is 10.6 Å². The Morgan fingerprint density at radius 1 is 1.47 bits per heavy atom. The molecule has 0 aliphatic carbocycles. The number of rotatable bonds is 4. The summed E-state index contributed by atoms with van der Waals surface area (Å²) in [7, 11) is 0. The van der Waals surface area contributed by atoms with Gasteiger partial charge in [0.05, 0.1) is 5.60 Å². The molecule has 1 aromatic rings. The first-order valence-electron chi connectivity index (χ1n) is 6.26. The summed E-state index contributed by atoms with van der Waals surface area (Å²) < 4.78 is 13.3. The maximum Gasteiger partial charge on any atom is 0.319 e. The highest BCUT2D eigenvalue weighted by Crippen LogP contribution is 2.15. The maximum absolute atomic E-state index is 13.3. The van der Waals surface area contributed by atoms with E-state index in [1.807, 2.05) is 13.8 Å². The second kappa shape index (κ2) is 6.02. The number of amides is 2. The van der Waals surface area contributed by atoms with Crippen molar-refractivity contribution in [1.29, 1.82) is 0 Å². The lowest BCUT2D eigenvalue weighted by Gasteiger charge is -2.27. The number of hydrogen-bond acceptors (Lipinski definition) is 2. The van der Waals surface area contributed by atoms with Gasteiger partial charge in [-0.25, -0.2) is 9.18 Å². The number of urea groups is 1. The molecule has 4 nitrogen and oxygen atoms in total. The van der Waals surface area contributed by atoms with Crippen LogP contribution in [0.2, 0.25) is 0 Å². The van der Waals surface area contributed by atoms with Gasteiger partial charge in [0.1, 0.15) is 5.82 Å². The van der Waals surface area contributed by atoms with E-state index in [-0.39, 0.29) is 18.3 Å². The monoisotopic (exact) mass is 268 g/mol. The highest BCUT2D eigenvalue weighted by Gasteiger charge is 2.25. The fourth-order valence-corrected chi connectivity index (χ4v) is 1.31. The third-order valence-corrected chi connectivity index (χ3v) is 3.28. The van der Waals surface area contributed by atoms with Gasteiger partial charge in [0.25, 0.3) is 0 Å². The van der Waals surface area contributed by atoms with Crippen LogP contribution in [-0.2, 0) is 0 Å². The largest absolute Gasteiger partial charge is 0.388 e. The minimum absolute atomic E-state index is 0.0182. The van der Waals surface area contributed by atoms with E-state index in [4.69, 9.17) is 0 Å². The summed E-state index contributed by atoms with van der Waals surface area (Å²) in [6.07, 6.45) is 0. The van der Waals surface area contributed by atoms with Crippen LogP contribution in [0.15, 0.2) is 18.2 Å². The Morgan fingerprint density at radius 3 is 2.63 bits per heavy atom. The molecule has 5 heteroatoms. The zero-order chi connectivity index (χ0) is 14.6. The summed E-state index contributed by atoms with van der Waals surface area (Å²) in [5, 5.41) is 15.1. The molecule has 0 bridgehead atoms. The van der Waals surface area contributed by atoms with Crippen molar-refractivity contribution in [3.63, 3.8) is 0 Å². The van der Waals surface area contributed by atoms with E-state index >= 15 is 0 Å². The summed E-state index contributed by atoms with van der Waals surface area (Å²) in [6.45, 7) is 7.18. The van der Waals surface area contributed by atoms with Crippen molar-refractivity contribution in [3.8, 4) is 0 Å². The second-order valence-electron chi connectivity index (χ2n) is 5.28. The van der Waals surface area contributed by atoms with Crippen LogP contribution >= 0.6 is 0 Å². The summed E-state index contributed by atoms with van der Waals surface area (Å²) in [6, 6.07) is 4.01. The van der Waals surface area contributed by atoms with Gasteiger partial charge in [-0.3, -0.25) is 0 Å². The van der Waals surface area contributed by atoms with Gasteiger partial charge in [0.2, 0.25) is 0 Å². The first-order valence-corrected chi connectivity index (χ1v) is 6.26. The summed E-state index contributed by atoms with van der Waals surface area (Å²) in [5.74, 6) is -0.350. The summed E-state index contributed by atoms with van der Waals surface area (Å²) >= 11 is 0. The average molecular weight is 268 g/mol. The predicted octanol–water partition coefficient (Wildman–Crippen LogP) is 2.66. The molecule has 0 aromatic heterocycles. The summed E-state index contributed by atoms with van der Waals surface area (Å²) in [4.78, 5) is 11.6. The SMILES string of the molecule is Cc1ccc(NC(=O)NCC(C)(O)C(C)C)cc1F. The van der Waals surface area contributed by atoms with Crippen molar-refractivity contribution < 1.29 is 14.3 Å². The minimum Gasteiger partial charge on any atom is -0.388 e. The van der Waals surface area contributed by atoms with Crippen LogP contribution in [0.3, 0.4) is 0 Å². The fraction of sp³-hybridized carbons (Fsp3) is 0.500. The van der Waals surface area contributed by atoms with Crippen molar-refractivity contribution in [3.05, 3.63) is 29.6 Å². The number of halogens is 1. The first kappa shape index (κ1) is 15.4. The zero-order valence-electron chi connectivity index (χ0n) is 11.7. The molecule has 0 fully saturated rings. The lowest BCUT2D eigenvalue weighted by Crippen LogP contribution is -2.45. The van der Waals surface area contributed by atoms with Crippen LogP contribution in [0.4, 0.5) is 14.9 Å². The van der Waals surface area contributed by atoms with Crippen molar-refractivity contribution in [2.24, 2.45) is 5.92 Å². The molecule has 0 heterocycles. The molecule has 0 aliphatic rings. The minimum atomic E-state index is -0.976. The molecule has 0 radical (unpaired) electrons. The lowest BCUT2D eigenvalue weighted by atomic mass is 9.93. The van der Waals surface area contributed by atoms with Gasteiger partial charge in [-0.15, -0.1) is 0 Å². The maximum atomic E-state index is 13.3. The van der Waals surface area contributed by atoms with Crippen LogP contribution < -0.4 is 10.6 Å². The molecule has 2 amide bonds. The van der Waals surface area contributed by atoms with E-state index in [1.165, 1.54) is 6.07 Å². The van der Waals surface area contributed by atoms with E-state index < -0.39 is 11.6 Å². The quantitative estimate of drug-likeness (QED) is 0.786. The van der Waals surface area contributed by atoms with Gasteiger partial charge < -0.3 is 15.7 Å². The lowest BCUT2D eigenvalue weighted by molar-refractivity contribution is 0.0170. The third-order valence-electron chi connectivity index (χ3n) is 3.28. The Morgan fingerprint density at radius 2 is 2.11 bits per heavy atom. The van der Waals surface area contributed by atoms with Gasteiger partial charge in [0, 0.05) is 12.2 Å². The number of carbonyl (C=O) groups is 1. The van der Waals surface area contributed by atoms with Gasteiger partial charge >= 0.3 is 6.03 Å². The predicted molar refractivity (Wildman–Crippen MR) is 73.6 cm³/mol. The second-order valence-corrected chi connectivity index (χ2v) is 5.28. The molecule has 19 heavy (non-hydrogen) atoms. The molecule has 0 saturated heterocycles. The molecule has 1 unspecified atom stereocenters. The Bertz CT molecular complexity index is 459. The molecule has 1 aromatic carbocycles. The molecular weight excluding hydrogens is 247 g/mol. The number of carbonyl (C=O) groups excluding carboxylic acids is 1. The Kier molecular flexibility index (Phi) is 4.89. The molecule has 0 aliphatic heterocycles. The van der Waals surface area contributed by atoms with Gasteiger partial charge in [-0.1, -0.05) is 19.9 Å². The van der Waals surface area contributed by atoms with Crippen molar-refractivity contribution >= 4 is 11.7 Å². The van der Waals surface area contributed by atoms with Crippen LogP contribution in [0, 0.1) is 18.7 Å². The Hall–Kier alpha value is -1.62. The zero-order valence-corrected chi connectivity index (χ0v) is 11.7. The fourth-order valence-electron chi connectivity index (χ4n) is 1.31. The van der Waals surface area contributed by atoms with Crippen molar-refractivity contribution in [1.82, 2.24) is 5.32 Å². The molecule has 106 valence electrons. The molecule has 1 rings (SSSR count). The molecule has 3 N–H and O–H groups in total. The van der Waals surface area contributed by atoms with Gasteiger partial charge in [0.15, 0.2) is 0 Å². The normalized spacial score (nSPS) is 14.1. The highest BCUT2D eigenvalue weighted by atomic mass is 19.1. The topological polar surface area (TPSA) is 61.4 Å². The number of anilines is 1. The number of benzene rings is 1. The summed E-state index contributed by atoms with van der Waals surface area (Å²) in [5.41, 5.74) is -0.0749. The first-order chi connectivity index (χ1) is 8.72. The van der Waals surface area contributed by atoms with Crippen LogP contribution in [0.5, 0.6) is 0 Å². The smallest absolute Gasteiger partial charge is 0.319 e. The van der Waals surface area contributed by atoms with E-state index in [1.54, 1.807) is 26.0 Å². The number of aryl methyl sites for hydroxylation is 1. The van der Waals surface area contributed by atoms with Crippen molar-refractivity contribution in [2.75, 3.05) is 11.9 Å². The van der Waals surface area contributed by atoms with Gasteiger partial charge in [-0.05, 0) is 37.5 Å².